The zero-order valence-electron chi connectivity index (χ0n) is 11.4. The molecule has 104 valence electrons. The van der Waals surface area contributed by atoms with Crippen molar-refractivity contribution in [1.29, 1.82) is 0 Å². The van der Waals surface area contributed by atoms with Crippen LogP contribution in [0.3, 0.4) is 0 Å². The Morgan fingerprint density at radius 1 is 1.25 bits per heavy atom. The maximum Gasteiger partial charge on any atom is 0.335 e. The third-order valence-electron chi connectivity index (χ3n) is 3.04. The van der Waals surface area contributed by atoms with E-state index in [1.165, 1.54) is 18.3 Å². The SMILES string of the molecule is Cc1oc(C)c(C(=O)Nc2cc(C(=O)O)ccn2)c1C. The summed E-state index contributed by atoms with van der Waals surface area (Å²) in [4.78, 5) is 27.0. The number of carbonyl (C=O) groups excluding carboxylic acids is 1. The molecular weight excluding hydrogens is 260 g/mol. The van der Waals surface area contributed by atoms with E-state index in [1.54, 1.807) is 20.8 Å². The third kappa shape index (κ3) is 2.54. The number of aromatic carboxylic acids is 1. The standard InChI is InChI=1S/C14H14N2O4/c1-7-8(2)20-9(3)12(7)13(17)16-11-6-10(14(18)19)4-5-15-11/h4-6H,1-3H3,(H,18,19)(H,15,16,17). The normalized spacial score (nSPS) is 10.3. The summed E-state index contributed by atoms with van der Waals surface area (Å²) >= 11 is 0. The fourth-order valence-corrected chi connectivity index (χ4v) is 1.94. The van der Waals surface area contributed by atoms with Crippen LogP contribution in [-0.4, -0.2) is 22.0 Å². The first kappa shape index (κ1) is 13.8. The maximum absolute atomic E-state index is 12.2. The molecule has 0 radical (unpaired) electrons. The Kier molecular flexibility index (Phi) is 3.56. The van der Waals surface area contributed by atoms with Crippen LogP contribution in [0, 0.1) is 20.8 Å². The zero-order chi connectivity index (χ0) is 14.9. The molecule has 6 nitrogen and oxygen atoms in total. The van der Waals surface area contributed by atoms with Crippen LogP contribution in [0.5, 0.6) is 0 Å². The van der Waals surface area contributed by atoms with Gasteiger partial charge in [0, 0.05) is 11.8 Å². The molecule has 0 aliphatic rings. The summed E-state index contributed by atoms with van der Waals surface area (Å²) in [6, 6.07) is 2.66. The van der Waals surface area contributed by atoms with Gasteiger partial charge in [-0.3, -0.25) is 4.79 Å². The van der Waals surface area contributed by atoms with Crippen molar-refractivity contribution in [2.24, 2.45) is 0 Å². The van der Waals surface area contributed by atoms with Crippen LogP contribution in [0.4, 0.5) is 5.82 Å². The molecule has 1 amide bonds. The first-order valence-electron chi connectivity index (χ1n) is 5.97. The molecule has 2 rings (SSSR count). The molecule has 2 N–H and O–H groups in total. The highest BCUT2D eigenvalue weighted by molar-refractivity contribution is 6.06. The Morgan fingerprint density at radius 3 is 2.50 bits per heavy atom. The molecule has 20 heavy (non-hydrogen) atoms. The second kappa shape index (κ2) is 5.16. The molecule has 2 aromatic heterocycles. The number of nitrogens with zero attached hydrogens (tertiary/aromatic N) is 1. The number of amides is 1. The molecule has 0 spiro atoms. The molecule has 0 bridgehead atoms. The molecule has 0 aromatic carbocycles. The van der Waals surface area contributed by atoms with Gasteiger partial charge in [0.2, 0.25) is 0 Å². The number of rotatable bonds is 3. The molecular formula is C14H14N2O4. The molecule has 0 saturated heterocycles. The number of aryl methyl sites for hydroxylation is 2. The van der Waals surface area contributed by atoms with E-state index in [4.69, 9.17) is 9.52 Å². The average Bonchev–Trinajstić information content (AvgIpc) is 2.63. The summed E-state index contributed by atoms with van der Waals surface area (Å²) in [5.41, 5.74) is 1.27. The van der Waals surface area contributed by atoms with E-state index in [0.29, 0.717) is 17.1 Å². The van der Waals surface area contributed by atoms with Crippen LogP contribution < -0.4 is 5.32 Å². The lowest BCUT2D eigenvalue weighted by molar-refractivity contribution is 0.0696. The van der Waals surface area contributed by atoms with E-state index in [9.17, 15) is 9.59 Å². The lowest BCUT2D eigenvalue weighted by atomic mass is 10.1. The second-order valence-corrected chi connectivity index (χ2v) is 4.40. The minimum absolute atomic E-state index is 0.0621. The Morgan fingerprint density at radius 2 is 1.95 bits per heavy atom. The van der Waals surface area contributed by atoms with Crippen molar-refractivity contribution in [3.63, 3.8) is 0 Å². The number of hydrogen-bond donors (Lipinski definition) is 2. The van der Waals surface area contributed by atoms with E-state index in [-0.39, 0.29) is 17.3 Å². The lowest BCUT2D eigenvalue weighted by Crippen LogP contribution is -2.15. The molecule has 2 aromatic rings. The number of pyridine rings is 1. The van der Waals surface area contributed by atoms with Crippen molar-refractivity contribution in [2.45, 2.75) is 20.8 Å². The highest BCUT2D eigenvalue weighted by Gasteiger charge is 2.19. The summed E-state index contributed by atoms with van der Waals surface area (Å²) in [5.74, 6) is -0.0550. The number of carbonyl (C=O) groups is 2. The Labute approximate surface area is 115 Å². The van der Waals surface area contributed by atoms with E-state index in [0.717, 1.165) is 5.56 Å². The average molecular weight is 274 g/mol. The topological polar surface area (TPSA) is 92.4 Å². The van der Waals surface area contributed by atoms with Gasteiger partial charge in [-0.15, -0.1) is 0 Å². The number of nitrogens with one attached hydrogen (secondary N) is 1. The number of carboxylic acid groups (broad SMARTS) is 1. The zero-order valence-corrected chi connectivity index (χ0v) is 11.4. The monoisotopic (exact) mass is 274 g/mol. The summed E-state index contributed by atoms with van der Waals surface area (Å²) in [5, 5.41) is 11.5. The van der Waals surface area contributed by atoms with Gasteiger partial charge < -0.3 is 14.8 Å². The molecule has 2 heterocycles. The van der Waals surface area contributed by atoms with Crippen LogP contribution in [0.15, 0.2) is 22.7 Å². The van der Waals surface area contributed by atoms with Crippen LogP contribution in [0.25, 0.3) is 0 Å². The van der Waals surface area contributed by atoms with Crippen LogP contribution in [0.1, 0.15) is 37.8 Å². The van der Waals surface area contributed by atoms with Crippen LogP contribution >= 0.6 is 0 Å². The van der Waals surface area contributed by atoms with Crippen LogP contribution in [0.2, 0.25) is 0 Å². The van der Waals surface area contributed by atoms with Crippen molar-refractivity contribution in [3.8, 4) is 0 Å². The molecule has 6 heteroatoms. The van der Waals surface area contributed by atoms with Gasteiger partial charge in [0.1, 0.15) is 17.3 Å². The summed E-state index contributed by atoms with van der Waals surface area (Å²) in [7, 11) is 0. The first-order valence-corrected chi connectivity index (χ1v) is 5.97. The molecule has 0 aliphatic carbocycles. The number of aromatic nitrogens is 1. The van der Waals surface area contributed by atoms with E-state index >= 15 is 0 Å². The smallest absolute Gasteiger partial charge is 0.335 e. The fraction of sp³-hybridized carbons (Fsp3) is 0.214. The van der Waals surface area contributed by atoms with E-state index in [2.05, 4.69) is 10.3 Å². The Balaban J connectivity index is 2.28. The number of anilines is 1. The maximum atomic E-state index is 12.2. The van der Waals surface area contributed by atoms with Crippen molar-refractivity contribution in [1.82, 2.24) is 4.98 Å². The highest BCUT2D eigenvalue weighted by atomic mass is 16.4. The van der Waals surface area contributed by atoms with Crippen LogP contribution in [-0.2, 0) is 0 Å². The van der Waals surface area contributed by atoms with Gasteiger partial charge in [-0.05, 0) is 32.9 Å². The number of hydrogen-bond acceptors (Lipinski definition) is 4. The molecule has 0 atom stereocenters. The summed E-state index contributed by atoms with van der Waals surface area (Å²) in [6.45, 7) is 5.28. The Hall–Kier alpha value is -2.63. The quantitative estimate of drug-likeness (QED) is 0.897. The largest absolute Gasteiger partial charge is 0.478 e. The predicted octanol–water partition coefficient (Wildman–Crippen LogP) is 2.55. The molecule has 0 aliphatic heterocycles. The molecule has 0 unspecified atom stereocenters. The third-order valence-corrected chi connectivity index (χ3v) is 3.04. The number of carboxylic acids is 1. The van der Waals surface area contributed by atoms with Crippen molar-refractivity contribution in [3.05, 3.63) is 46.5 Å². The van der Waals surface area contributed by atoms with Gasteiger partial charge in [-0.2, -0.15) is 0 Å². The second-order valence-electron chi connectivity index (χ2n) is 4.40. The van der Waals surface area contributed by atoms with E-state index in [1.807, 2.05) is 0 Å². The highest BCUT2D eigenvalue weighted by Crippen LogP contribution is 2.21. The summed E-state index contributed by atoms with van der Waals surface area (Å²) in [6.07, 6.45) is 1.33. The summed E-state index contributed by atoms with van der Waals surface area (Å²) < 4.78 is 5.39. The predicted molar refractivity (Wildman–Crippen MR) is 72.1 cm³/mol. The minimum Gasteiger partial charge on any atom is -0.478 e. The minimum atomic E-state index is -1.07. The van der Waals surface area contributed by atoms with Gasteiger partial charge in [0.15, 0.2) is 0 Å². The van der Waals surface area contributed by atoms with Gasteiger partial charge in [-0.1, -0.05) is 0 Å². The number of furan rings is 1. The van der Waals surface area contributed by atoms with Crippen molar-refractivity contribution < 1.29 is 19.1 Å². The molecule has 0 saturated carbocycles. The van der Waals surface area contributed by atoms with Crippen molar-refractivity contribution >= 4 is 17.7 Å². The van der Waals surface area contributed by atoms with Gasteiger partial charge in [0.25, 0.3) is 5.91 Å². The van der Waals surface area contributed by atoms with Gasteiger partial charge >= 0.3 is 5.97 Å². The first-order chi connectivity index (χ1) is 9.40. The van der Waals surface area contributed by atoms with Gasteiger partial charge in [-0.25, -0.2) is 9.78 Å². The van der Waals surface area contributed by atoms with Gasteiger partial charge in [0.05, 0.1) is 11.1 Å². The Bertz CT molecular complexity index is 688. The lowest BCUT2D eigenvalue weighted by Gasteiger charge is -2.05. The van der Waals surface area contributed by atoms with E-state index < -0.39 is 5.97 Å². The van der Waals surface area contributed by atoms with Crippen molar-refractivity contribution in [2.75, 3.05) is 5.32 Å². The fourth-order valence-electron chi connectivity index (χ4n) is 1.94. The molecule has 0 fully saturated rings.